The van der Waals surface area contributed by atoms with E-state index >= 15 is 0 Å². The number of anilines is 1. The molecule has 2 aromatic rings. The molecule has 1 saturated carbocycles. The van der Waals surface area contributed by atoms with E-state index in [1.165, 1.54) is 0 Å². The van der Waals surface area contributed by atoms with Gasteiger partial charge in [0.1, 0.15) is 5.52 Å². The molecule has 0 aliphatic heterocycles. The van der Waals surface area contributed by atoms with Gasteiger partial charge in [-0.1, -0.05) is 25.4 Å². The summed E-state index contributed by atoms with van der Waals surface area (Å²) in [5.41, 5.74) is 7.13. The first-order valence-electron chi connectivity index (χ1n) is 7.21. The third kappa shape index (κ3) is 2.26. The smallest absolute Gasteiger partial charge is 0.223 e. The summed E-state index contributed by atoms with van der Waals surface area (Å²) in [5.74, 6) is 0.768. The van der Waals surface area contributed by atoms with Crippen molar-refractivity contribution in [2.75, 3.05) is 12.3 Å². The molecule has 0 bridgehead atoms. The summed E-state index contributed by atoms with van der Waals surface area (Å²) < 4.78 is 2.06. The second-order valence-electron chi connectivity index (χ2n) is 6.33. The van der Waals surface area contributed by atoms with Crippen LogP contribution in [0.15, 0.2) is 6.33 Å². The van der Waals surface area contributed by atoms with Gasteiger partial charge in [0.15, 0.2) is 10.8 Å². The maximum Gasteiger partial charge on any atom is 0.223 e. The first-order valence-corrected chi connectivity index (χ1v) is 7.59. The second-order valence-corrected chi connectivity index (χ2v) is 6.69. The van der Waals surface area contributed by atoms with Gasteiger partial charge in [-0.25, -0.2) is 4.98 Å². The topological polar surface area (TPSA) is 89.8 Å². The predicted molar refractivity (Wildman–Crippen MR) is 82.0 cm³/mol. The van der Waals surface area contributed by atoms with Crippen molar-refractivity contribution in [2.45, 2.75) is 39.2 Å². The zero-order chi connectivity index (χ0) is 15.2. The first kappa shape index (κ1) is 14.5. The minimum absolute atomic E-state index is 0.134. The Balaban J connectivity index is 1.92. The Labute approximate surface area is 128 Å². The number of hydrogen-bond acceptors (Lipinski definition) is 5. The van der Waals surface area contributed by atoms with Crippen molar-refractivity contribution in [1.82, 2.24) is 19.5 Å². The number of aliphatic hydroxyl groups is 1. The summed E-state index contributed by atoms with van der Waals surface area (Å²) in [6.45, 7) is 4.76. The van der Waals surface area contributed by atoms with Crippen LogP contribution in [-0.2, 0) is 0 Å². The van der Waals surface area contributed by atoms with Gasteiger partial charge in [0, 0.05) is 12.6 Å². The molecule has 0 radical (unpaired) electrons. The fraction of sp³-hybridized carbons (Fsp3) is 0.643. The van der Waals surface area contributed by atoms with Crippen LogP contribution in [0.3, 0.4) is 0 Å². The lowest BCUT2D eigenvalue weighted by Crippen LogP contribution is -2.45. The molecule has 114 valence electrons. The summed E-state index contributed by atoms with van der Waals surface area (Å²) in [6, 6.07) is 0.316. The lowest BCUT2D eigenvalue weighted by atomic mass is 9.57. The molecule has 7 heteroatoms. The van der Waals surface area contributed by atoms with Crippen molar-refractivity contribution >= 4 is 28.7 Å². The normalized spacial score (nSPS) is 24.2. The number of imidazole rings is 1. The largest absolute Gasteiger partial charge is 0.396 e. The lowest BCUT2D eigenvalue weighted by molar-refractivity contribution is -0.0162. The predicted octanol–water partition coefficient (Wildman–Crippen LogP) is 2.42. The van der Waals surface area contributed by atoms with Crippen LogP contribution in [0.25, 0.3) is 11.2 Å². The molecule has 3 rings (SSSR count). The molecular weight excluding hydrogens is 290 g/mol. The van der Waals surface area contributed by atoms with E-state index in [-0.39, 0.29) is 18.0 Å². The van der Waals surface area contributed by atoms with Crippen LogP contribution >= 0.6 is 11.6 Å². The van der Waals surface area contributed by atoms with Gasteiger partial charge in [0.05, 0.1) is 6.33 Å². The van der Waals surface area contributed by atoms with Gasteiger partial charge in [-0.05, 0) is 30.6 Å². The molecule has 6 nitrogen and oxygen atoms in total. The van der Waals surface area contributed by atoms with E-state index in [9.17, 15) is 0 Å². The van der Waals surface area contributed by atoms with Crippen LogP contribution in [0, 0.1) is 11.3 Å². The average Bonchev–Trinajstić information content (AvgIpc) is 2.81. The van der Waals surface area contributed by atoms with E-state index in [1.54, 1.807) is 6.33 Å². The van der Waals surface area contributed by atoms with Crippen molar-refractivity contribution in [3.8, 4) is 0 Å². The zero-order valence-corrected chi connectivity index (χ0v) is 13.0. The SMILES string of the molecule is CC1(C)[C@@H](CCCO)C[C@H]1n1cnc2c(Cl)nc(N)nc21. The molecule has 0 aromatic carbocycles. The maximum atomic E-state index is 9.00. The van der Waals surface area contributed by atoms with E-state index in [1.807, 2.05) is 0 Å². The Morgan fingerprint density at radius 3 is 2.90 bits per heavy atom. The number of nitrogens with two attached hydrogens (primary N) is 1. The number of hydrogen-bond donors (Lipinski definition) is 2. The van der Waals surface area contributed by atoms with Crippen molar-refractivity contribution in [3.05, 3.63) is 11.5 Å². The van der Waals surface area contributed by atoms with Crippen LogP contribution in [-0.4, -0.2) is 31.2 Å². The van der Waals surface area contributed by atoms with E-state index in [0.29, 0.717) is 28.3 Å². The third-order valence-electron chi connectivity index (χ3n) is 4.86. The average molecular weight is 310 g/mol. The third-order valence-corrected chi connectivity index (χ3v) is 5.12. The number of halogens is 1. The van der Waals surface area contributed by atoms with Crippen molar-refractivity contribution < 1.29 is 5.11 Å². The Morgan fingerprint density at radius 2 is 2.24 bits per heavy atom. The van der Waals surface area contributed by atoms with E-state index < -0.39 is 0 Å². The molecule has 0 amide bonds. The number of nitrogens with zero attached hydrogens (tertiary/aromatic N) is 4. The van der Waals surface area contributed by atoms with Crippen LogP contribution in [0.5, 0.6) is 0 Å². The molecule has 2 aromatic heterocycles. The summed E-state index contributed by atoms with van der Waals surface area (Å²) >= 11 is 6.08. The van der Waals surface area contributed by atoms with Gasteiger partial charge in [-0.3, -0.25) is 0 Å². The quantitative estimate of drug-likeness (QED) is 0.847. The second kappa shape index (κ2) is 5.10. The Hall–Kier alpha value is -1.40. The molecule has 0 saturated heterocycles. The highest BCUT2D eigenvalue weighted by molar-refractivity contribution is 6.33. The maximum absolute atomic E-state index is 9.00. The molecule has 2 heterocycles. The molecule has 1 aliphatic carbocycles. The van der Waals surface area contributed by atoms with Crippen molar-refractivity contribution in [1.29, 1.82) is 0 Å². The molecule has 0 unspecified atom stereocenters. The number of nitrogen functional groups attached to an aromatic ring is 1. The molecule has 0 spiro atoms. The number of aromatic nitrogens is 4. The van der Waals surface area contributed by atoms with E-state index in [0.717, 1.165) is 19.3 Å². The van der Waals surface area contributed by atoms with Gasteiger partial charge in [-0.15, -0.1) is 0 Å². The Bertz CT molecular complexity index is 669. The van der Waals surface area contributed by atoms with E-state index in [2.05, 4.69) is 33.4 Å². The first-order chi connectivity index (χ1) is 9.95. The van der Waals surface area contributed by atoms with Gasteiger partial charge >= 0.3 is 0 Å². The van der Waals surface area contributed by atoms with Crippen LogP contribution in [0.4, 0.5) is 5.95 Å². The highest BCUT2D eigenvalue weighted by atomic mass is 35.5. The zero-order valence-electron chi connectivity index (χ0n) is 12.3. The van der Waals surface area contributed by atoms with Gasteiger partial charge in [0.2, 0.25) is 5.95 Å². The Morgan fingerprint density at radius 1 is 1.48 bits per heavy atom. The minimum Gasteiger partial charge on any atom is -0.396 e. The molecular formula is C14H20ClN5O. The van der Waals surface area contributed by atoms with Crippen LogP contribution in [0.1, 0.15) is 39.2 Å². The molecule has 3 N–H and O–H groups in total. The minimum atomic E-state index is 0.134. The van der Waals surface area contributed by atoms with Gasteiger partial charge < -0.3 is 15.4 Å². The monoisotopic (exact) mass is 309 g/mol. The van der Waals surface area contributed by atoms with Gasteiger partial charge in [0.25, 0.3) is 0 Å². The Kier molecular flexibility index (Phi) is 3.53. The van der Waals surface area contributed by atoms with Crippen LogP contribution in [0.2, 0.25) is 5.15 Å². The highest BCUT2D eigenvalue weighted by Gasteiger charge is 2.48. The standard InChI is InChI=1S/C14H20ClN5O/c1-14(2)8(4-3-5-21)6-9(14)20-7-17-10-11(15)18-13(16)19-12(10)20/h7-9,21H,3-6H2,1-2H3,(H2,16,18,19)/t8-,9+/m0/s1. The van der Waals surface area contributed by atoms with Gasteiger partial charge in [-0.2, -0.15) is 9.97 Å². The molecule has 1 aliphatic rings. The summed E-state index contributed by atoms with van der Waals surface area (Å²) in [7, 11) is 0. The molecule has 21 heavy (non-hydrogen) atoms. The van der Waals surface area contributed by atoms with Crippen molar-refractivity contribution in [3.63, 3.8) is 0 Å². The fourth-order valence-electron chi connectivity index (χ4n) is 3.41. The molecule has 2 atom stereocenters. The number of fused-ring (bicyclic) bond motifs is 1. The van der Waals surface area contributed by atoms with Crippen molar-refractivity contribution in [2.24, 2.45) is 11.3 Å². The fourth-order valence-corrected chi connectivity index (χ4v) is 3.63. The number of aliphatic hydroxyl groups excluding tert-OH is 1. The summed E-state index contributed by atoms with van der Waals surface area (Å²) in [5, 5.41) is 9.29. The summed E-state index contributed by atoms with van der Waals surface area (Å²) in [6.07, 6.45) is 4.73. The number of rotatable bonds is 4. The molecule has 1 fully saturated rings. The van der Waals surface area contributed by atoms with E-state index in [4.69, 9.17) is 22.4 Å². The highest BCUT2D eigenvalue weighted by Crippen LogP contribution is 2.56. The lowest BCUT2D eigenvalue weighted by Gasteiger charge is -2.53. The van der Waals surface area contributed by atoms with Crippen LogP contribution < -0.4 is 5.73 Å². The summed E-state index contributed by atoms with van der Waals surface area (Å²) in [4.78, 5) is 12.6.